The van der Waals surface area contributed by atoms with Crippen LogP contribution in [-0.2, 0) is 17.3 Å². The first kappa shape index (κ1) is 18.5. The monoisotopic (exact) mass is 382 g/mol. The first-order valence-electron chi connectivity index (χ1n) is 8.34. The van der Waals surface area contributed by atoms with Crippen molar-refractivity contribution in [3.8, 4) is 0 Å². The Morgan fingerprint density at radius 1 is 0.440 bits per heavy atom. The van der Waals surface area contributed by atoms with Crippen LogP contribution in [-0.4, -0.2) is 0 Å². The van der Waals surface area contributed by atoms with Gasteiger partial charge in [0, 0.05) is 23.2 Å². The molecule has 0 unspecified atom stereocenters. The van der Waals surface area contributed by atoms with E-state index in [1.54, 1.807) is 0 Å². The lowest BCUT2D eigenvalue weighted by Crippen LogP contribution is -2.04. The Morgan fingerprint density at radius 3 is 0.880 bits per heavy atom. The summed E-state index contributed by atoms with van der Waals surface area (Å²) in [5.41, 5.74) is 7.60. The molecule has 0 spiro atoms. The van der Waals surface area contributed by atoms with Gasteiger partial charge in [-0.1, -0.05) is 72.8 Å². The number of thiol groups is 3. The Labute approximate surface area is 166 Å². The van der Waals surface area contributed by atoms with E-state index in [9.17, 15) is 0 Å². The van der Waals surface area contributed by atoms with Crippen molar-refractivity contribution in [3.05, 3.63) is 106 Å². The summed E-state index contributed by atoms with van der Waals surface area (Å²) in [5, 5.41) is 0. The van der Waals surface area contributed by atoms with Crippen molar-refractivity contribution in [1.82, 2.24) is 0 Å². The van der Waals surface area contributed by atoms with Gasteiger partial charge >= 0.3 is 0 Å². The lowest BCUT2D eigenvalue weighted by Gasteiger charge is -2.20. The van der Waals surface area contributed by atoms with Gasteiger partial charge in [0.25, 0.3) is 0 Å². The zero-order chi connectivity index (χ0) is 17.6. The zero-order valence-electron chi connectivity index (χ0n) is 14.0. The maximum atomic E-state index is 4.37. The fourth-order valence-corrected chi connectivity index (χ4v) is 3.66. The molecule has 128 valence electrons. The summed E-state index contributed by atoms with van der Waals surface area (Å²) in [6.45, 7) is 0. The summed E-state index contributed by atoms with van der Waals surface area (Å²) >= 11 is 13.1. The summed E-state index contributed by atoms with van der Waals surface area (Å²) in [4.78, 5) is 0. The van der Waals surface area contributed by atoms with Gasteiger partial charge in [0.15, 0.2) is 0 Å². The summed E-state index contributed by atoms with van der Waals surface area (Å²) in [6.07, 6.45) is 0. The number of benzene rings is 3. The van der Waals surface area contributed by atoms with E-state index in [-0.39, 0.29) is 5.92 Å². The van der Waals surface area contributed by atoms with Crippen LogP contribution in [0.3, 0.4) is 0 Å². The average molecular weight is 383 g/mol. The minimum atomic E-state index is 0.219. The number of hydrogen-bond donors (Lipinski definition) is 3. The van der Waals surface area contributed by atoms with Crippen LogP contribution in [0.4, 0.5) is 0 Å². The highest BCUT2D eigenvalue weighted by atomic mass is 32.1. The van der Waals surface area contributed by atoms with Gasteiger partial charge in [0.1, 0.15) is 0 Å². The average Bonchev–Trinajstić information content (AvgIpc) is 2.70. The molecule has 0 amide bonds. The number of rotatable bonds is 6. The van der Waals surface area contributed by atoms with Gasteiger partial charge in [-0.15, -0.1) is 0 Å². The van der Waals surface area contributed by atoms with Crippen molar-refractivity contribution in [3.63, 3.8) is 0 Å². The second-order valence-electron chi connectivity index (χ2n) is 6.13. The molecule has 0 heterocycles. The van der Waals surface area contributed by atoms with E-state index in [1.807, 2.05) is 0 Å². The van der Waals surface area contributed by atoms with E-state index in [4.69, 9.17) is 0 Å². The van der Waals surface area contributed by atoms with Crippen LogP contribution in [0.1, 0.15) is 39.3 Å². The van der Waals surface area contributed by atoms with E-state index >= 15 is 0 Å². The van der Waals surface area contributed by atoms with Gasteiger partial charge in [-0.25, -0.2) is 0 Å². The smallest absolute Gasteiger partial charge is 0.0339 e. The van der Waals surface area contributed by atoms with Gasteiger partial charge < -0.3 is 0 Å². The van der Waals surface area contributed by atoms with Crippen LogP contribution in [0.15, 0.2) is 72.8 Å². The largest absolute Gasteiger partial charge is 0.175 e. The second-order valence-corrected chi connectivity index (χ2v) is 7.08. The molecule has 0 aliphatic carbocycles. The van der Waals surface area contributed by atoms with Gasteiger partial charge in [-0.3, -0.25) is 0 Å². The molecule has 0 aromatic heterocycles. The van der Waals surface area contributed by atoms with Crippen molar-refractivity contribution in [2.24, 2.45) is 0 Å². The van der Waals surface area contributed by atoms with E-state index in [1.165, 1.54) is 33.4 Å². The van der Waals surface area contributed by atoms with Crippen LogP contribution in [0.2, 0.25) is 0 Å². The summed E-state index contributed by atoms with van der Waals surface area (Å²) in [7, 11) is 0. The molecule has 25 heavy (non-hydrogen) atoms. The van der Waals surface area contributed by atoms with Crippen molar-refractivity contribution in [2.75, 3.05) is 0 Å². The molecule has 0 aliphatic heterocycles. The first-order chi connectivity index (χ1) is 12.2. The molecule has 0 saturated carbocycles. The molecule has 0 bridgehead atoms. The fourth-order valence-electron chi connectivity index (χ4n) is 3.02. The van der Waals surface area contributed by atoms with Gasteiger partial charge in [-0.2, -0.15) is 37.9 Å². The number of hydrogen-bond acceptors (Lipinski definition) is 3. The molecule has 0 fully saturated rings. The Bertz CT molecular complexity index is 677. The molecule has 3 aromatic carbocycles. The Kier molecular flexibility index (Phi) is 6.57. The van der Waals surface area contributed by atoms with Crippen molar-refractivity contribution in [2.45, 2.75) is 23.2 Å². The molecule has 0 saturated heterocycles. The van der Waals surface area contributed by atoms with E-state index in [2.05, 4.69) is 111 Å². The van der Waals surface area contributed by atoms with E-state index in [0.717, 1.165) is 17.3 Å². The highest BCUT2D eigenvalue weighted by molar-refractivity contribution is 7.79. The van der Waals surface area contributed by atoms with Crippen LogP contribution in [0.5, 0.6) is 0 Å². The van der Waals surface area contributed by atoms with E-state index in [0.29, 0.717) is 0 Å². The molecule has 0 N–H and O–H groups in total. The minimum Gasteiger partial charge on any atom is -0.175 e. The van der Waals surface area contributed by atoms with Gasteiger partial charge in [0.05, 0.1) is 0 Å². The molecular formula is C22H22S3. The highest BCUT2D eigenvalue weighted by Crippen LogP contribution is 2.33. The lowest BCUT2D eigenvalue weighted by molar-refractivity contribution is 0.972. The molecule has 0 radical (unpaired) electrons. The molecule has 3 rings (SSSR count). The Balaban J connectivity index is 2.04. The standard InChI is InChI=1S/C22H22S3/c23-13-16-1-7-19(8-2-16)22(20-9-3-17(14-24)4-10-20)21-11-5-18(15-25)6-12-21/h1-12,22-25H,13-15H2. The first-order valence-corrected chi connectivity index (χ1v) is 10.2. The maximum Gasteiger partial charge on any atom is 0.0339 e. The summed E-state index contributed by atoms with van der Waals surface area (Å²) < 4.78 is 0. The van der Waals surface area contributed by atoms with Crippen LogP contribution < -0.4 is 0 Å². The molecule has 0 aliphatic rings. The van der Waals surface area contributed by atoms with Crippen molar-refractivity contribution >= 4 is 37.9 Å². The predicted molar refractivity (Wildman–Crippen MR) is 118 cm³/mol. The summed E-state index contributed by atoms with van der Waals surface area (Å²) in [6, 6.07) is 26.3. The fraction of sp³-hybridized carbons (Fsp3) is 0.182. The normalized spacial score (nSPS) is 11.0. The summed E-state index contributed by atoms with van der Waals surface area (Å²) in [5.74, 6) is 2.51. The zero-order valence-corrected chi connectivity index (χ0v) is 16.7. The molecule has 0 nitrogen and oxygen atoms in total. The molecule has 0 atom stereocenters. The lowest BCUT2D eigenvalue weighted by atomic mass is 9.84. The topological polar surface area (TPSA) is 0 Å². The third-order valence-electron chi connectivity index (χ3n) is 4.49. The van der Waals surface area contributed by atoms with Crippen molar-refractivity contribution < 1.29 is 0 Å². The second kappa shape index (κ2) is 8.88. The highest BCUT2D eigenvalue weighted by Gasteiger charge is 2.16. The predicted octanol–water partition coefficient (Wildman–Crippen LogP) is 6.16. The minimum absolute atomic E-state index is 0.219. The van der Waals surface area contributed by atoms with Gasteiger partial charge in [0.2, 0.25) is 0 Å². The third kappa shape index (κ3) is 4.46. The molecular weight excluding hydrogens is 360 g/mol. The van der Waals surface area contributed by atoms with Crippen LogP contribution >= 0.6 is 37.9 Å². The SMILES string of the molecule is SCc1ccc(C(c2ccc(CS)cc2)c2ccc(CS)cc2)cc1. The van der Waals surface area contributed by atoms with Crippen molar-refractivity contribution in [1.29, 1.82) is 0 Å². The van der Waals surface area contributed by atoms with Gasteiger partial charge in [-0.05, 0) is 33.4 Å². The third-order valence-corrected chi connectivity index (χ3v) is 5.58. The van der Waals surface area contributed by atoms with Crippen LogP contribution in [0, 0.1) is 0 Å². The Hall–Kier alpha value is -1.29. The van der Waals surface area contributed by atoms with E-state index < -0.39 is 0 Å². The van der Waals surface area contributed by atoms with Crippen LogP contribution in [0.25, 0.3) is 0 Å². The quantitative estimate of drug-likeness (QED) is 0.330. The maximum absolute atomic E-state index is 4.37. The molecule has 3 aromatic rings. The Morgan fingerprint density at radius 2 is 0.680 bits per heavy atom. The molecule has 3 heteroatoms.